The van der Waals surface area contributed by atoms with Crippen LogP contribution in [0.4, 0.5) is 8.78 Å². The van der Waals surface area contributed by atoms with E-state index < -0.39 is 11.6 Å². The number of pyridine rings is 1. The van der Waals surface area contributed by atoms with E-state index in [-0.39, 0.29) is 16.2 Å². The fourth-order valence-electron chi connectivity index (χ4n) is 1.58. The fourth-order valence-corrected chi connectivity index (χ4v) is 1.84. The Balaban J connectivity index is 2.59. The lowest BCUT2D eigenvalue weighted by Crippen LogP contribution is -1.90. The van der Waals surface area contributed by atoms with Crippen molar-refractivity contribution in [2.75, 3.05) is 0 Å². The van der Waals surface area contributed by atoms with E-state index in [1.54, 1.807) is 18.3 Å². The summed E-state index contributed by atoms with van der Waals surface area (Å²) in [4.78, 5) is 3.87. The van der Waals surface area contributed by atoms with Gasteiger partial charge in [-0.3, -0.25) is 4.98 Å². The van der Waals surface area contributed by atoms with Gasteiger partial charge in [-0.1, -0.05) is 17.7 Å². The Morgan fingerprint density at radius 2 is 1.84 bits per heavy atom. The van der Waals surface area contributed by atoms with Gasteiger partial charge in [0.05, 0.1) is 10.6 Å². The van der Waals surface area contributed by atoms with Gasteiger partial charge in [0, 0.05) is 29.6 Å². The van der Waals surface area contributed by atoms with Gasteiger partial charge in [0.1, 0.15) is 17.7 Å². The molecule has 0 spiro atoms. The van der Waals surface area contributed by atoms with Crippen LogP contribution in [-0.4, -0.2) is 4.98 Å². The average molecular weight is 277 g/mol. The number of aromatic nitrogens is 1. The molecule has 0 bridgehead atoms. The minimum atomic E-state index is -0.753. The van der Waals surface area contributed by atoms with E-state index in [1.807, 2.05) is 6.07 Å². The van der Waals surface area contributed by atoms with E-state index >= 15 is 0 Å². The third kappa shape index (κ3) is 2.95. The molecule has 0 aliphatic carbocycles. The van der Waals surface area contributed by atoms with E-state index in [9.17, 15) is 8.78 Å². The smallest absolute Gasteiger partial charge is 0.126 e. The Morgan fingerprint density at radius 1 is 1.16 bits per heavy atom. The Hall–Kier alpha value is -2.25. The minimum absolute atomic E-state index is 0.0195. The van der Waals surface area contributed by atoms with Crippen molar-refractivity contribution in [1.82, 2.24) is 4.98 Å². The predicted octanol–water partition coefficient (Wildman–Crippen LogP) is 3.99. The van der Waals surface area contributed by atoms with Crippen molar-refractivity contribution in [3.63, 3.8) is 0 Å². The van der Waals surface area contributed by atoms with Gasteiger partial charge in [-0.25, -0.2) is 8.78 Å². The van der Waals surface area contributed by atoms with Gasteiger partial charge in [-0.15, -0.1) is 0 Å². The van der Waals surface area contributed by atoms with Gasteiger partial charge in [-0.2, -0.15) is 5.26 Å². The summed E-state index contributed by atoms with van der Waals surface area (Å²) in [6.45, 7) is 0. The summed E-state index contributed by atoms with van der Waals surface area (Å²) in [7, 11) is 0. The normalized spacial score (nSPS) is 11.7. The van der Waals surface area contributed by atoms with E-state index in [4.69, 9.17) is 16.9 Å². The number of rotatable bonds is 2. The van der Waals surface area contributed by atoms with E-state index in [0.29, 0.717) is 5.56 Å². The topological polar surface area (TPSA) is 36.7 Å². The van der Waals surface area contributed by atoms with Crippen molar-refractivity contribution in [1.29, 1.82) is 5.26 Å². The number of hydrogen-bond acceptors (Lipinski definition) is 2. The SMILES string of the molecule is N#C/C(=C(\Cl)c1cc(F)cc(F)c1)c1cccnc1. The molecule has 0 N–H and O–H groups in total. The third-order valence-corrected chi connectivity index (χ3v) is 2.80. The first kappa shape index (κ1) is 13.2. The molecule has 5 heteroatoms. The summed E-state index contributed by atoms with van der Waals surface area (Å²) in [5, 5.41) is 9.12. The lowest BCUT2D eigenvalue weighted by molar-refractivity contribution is 0.583. The monoisotopic (exact) mass is 276 g/mol. The van der Waals surface area contributed by atoms with E-state index in [1.165, 1.54) is 6.20 Å². The second-order valence-electron chi connectivity index (χ2n) is 3.70. The fraction of sp³-hybridized carbons (Fsp3) is 0. The highest BCUT2D eigenvalue weighted by atomic mass is 35.5. The van der Waals surface area contributed by atoms with Crippen LogP contribution >= 0.6 is 11.6 Å². The molecule has 94 valence electrons. The average Bonchev–Trinajstić information content (AvgIpc) is 2.39. The zero-order chi connectivity index (χ0) is 13.8. The molecular weight excluding hydrogens is 270 g/mol. The number of allylic oxidation sites excluding steroid dienone is 1. The Bertz CT molecular complexity index is 655. The molecule has 19 heavy (non-hydrogen) atoms. The second-order valence-corrected chi connectivity index (χ2v) is 4.08. The molecule has 0 radical (unpaired) electrons. The van der Waals surface area contributed by atoms with Crippen molar-refractivity contribution in [2.45, 2.75) is 0 Å². The molecule has 0 atom stereocenters. The van der Waals surface area contributed by atoms with Crippen LogP contribution in [0.5, 0.6) is 0 Å². The van der Waals surface area contributed by atoms with Crippen LogP contribution in [0.3, 0.4) is 0 Å². The molecule has 2 aromatic rings. The summed E-state index contributed by atoms with van der Waals surface area (Å²) in [5.41, 5.74) is 0.707. The second kappa shape index (κ2) is 5.59. The molecule has 2 rings (SSSR count). The quantitative estimate of drug-likeness (QED) is 0.778. The zero-order valence-corrected chi connectivity index (χ0v) is 10.3. The Morgan fingerprint density at radius 3 is 2.37 bits per heavy atom. The maximum atomic E-state index is 13.1. The van der Waals surface area contributed by atoms with Crippen LogP contribution in [0.2, 0.25) is 0 Å². The van der Waals surface area contributed by atoms with E-state index in [2.05, 4.69) is 4.98 Å². The van der Waals surface area contributed by atoms with Crippen LogP contribution in [0.25, 0.3) is 10.6 Å². The van der Waals surface area contributed by atoms with Gasteiger partial charge in [0.15, 0.2) is 0 Å². The molecule has 0 amide bonds. The molecule has 2 nitrogen and oxygen atoms in total. The molecule has 1 aromatic heterocycles. The van der Waals surface area contributed by atoms with Crippen LogP contribution in [0.15, 0.2) is 42.7 Å². The summed E-state index contributed by atoms with van der Waals surface area (Å²) in [6, 6.07) is 8.08. The Kier molecular flexibility index (Phi) is 3.88. The predicted molar refractivity (Wildman–Crippen MR) is 68.9 cm³/mol. The summed E-state index contributed by atoms with van der Waals surface area (Å²) in [5.74, 6) is -1.51. The van der Waals surface area contributed by atoms with Crippen molar-refractivity contribution >= 4 is 22.2 Å². The Labute approximate surface area is 113 Å². The highest BCUT2D eigenvalue weighted by Crippen LogP contribution is 2.29. The van der Waals surface area contributed by atoms with Gasteiger partial charge in [-0.05, 0) is 18.2 Å². The maximum absolute atomic E-state index is 13.1. The highest BCUT2D eigenvalue weighted by molar-refractivity contribution is 6.53. The van der Waals surface area contributed by atoms with Crippen LogP contribution < -0.4 is 0 Å². The maximum Gasteiger partial charge on any atom is 0.126 e. The van der Waals surface area contributed by atoms with Crippen LogP contribution in [0.1, 0.15) is 11.1 Å². The molecule has 0 unspecified atom stereocenters. The third-order valence-electron chi connectivity index (χ3n) is 2.40. The van der Waals surface area contributed by atoms with Crippen LogP contribution in [-0.2, 0) is 0 Å². The molecule has 1 aromatic carbocycles. The van der Waals surface area contributed by atoms with Gasteiger partial charge < -0.3 is 0 Å². The number of halogens is 3. The lowest BCUT2D eigenvalue weighted by Gasteiger charge is -2.04. The van der Waals surface area contributed by atoms with Gasteiger partial charge >= 0.3 is 0 Å². The number of nitrogens with zero attached hydrogens (tertiary/aromatic N) is 2. The van der Waals surface area contributed by atoms with Crippen LogP contribution in [0, 0.1) is 23.0 Å². The standard InChI is InChI=1S/C14H7ClF2N2/c15-14(10-4-11(16)6-12(17)5-10)13(7-18)9-2-1-3-19-8-9/h1-6,8H/b14-13+. The van der Waals surface area contributed by atoms with Crippen molar-refractivity contribution in [3.05, 3.63) is 65.5 Å². The minimum Gasteiger partial charge on any atom is -0.264 e. The molecule has 0 saturated carbocycles. The summed E-state index contributed by atoms with van der Waals surface area (Å²) in [6.07, 6.45) is 3.00. The number of nitriles is 1. The lowest BCUT2D eigenvalue weighted by atomic mass is 10.1. The first-order chi connectivity index (χ1) is 9.11. The molecule has 0 saturated heterocycles. The highest BCUT2D eigenvalue weighted by Gasteiger charge is 2.11. The van der Waals surface area contributed by atoms with Crippen molar-refractivity contribution in [3.8, 4) is 6.07 Å². The molecule has 0 aliphatic rings. The van der Waals surface area contributed by atoms with Gasteiger partial charge in [0.2, 0.25) is 0 Å². The van der Waals surface area contributed by atoms with E-state index in [0.717, 1.165) is 18.2 Å². The van der Waals surface area contributed by atoms with Gasteiger partial charge in [0.25, 0.3) is 0 Å². The number of benzene rings is 1. The summed E-state index contributed by atoms with van der Waals surface area (Å²) < 4.78 is 26.3. The first-order valence-corrected chi connectivity index (χ1v) is 5.66. The molecule has 0 aliphatic heterocycles. The molecular formula is C14H7ClF2N2. The zero-order valence-electron chi connectivity index (χ0n) is 9.57. The van der Waals surface area contributed by atoms with Crippen molar-refractivity contribution < 1.29 is 8.78 Å². The van der Waals surface area contributed by atoms with Crippen molar-refractivity contribution in [2.24, 2.45) is 0 Å². The first-order valence-electron chi connectivity index (χ1n) is 5.28. The largest absolute Gasteiger partial charge is 0.264 e. The molecule has 0 fully saturated rings. The summed E-state index contributed by atoms with van der Waals surface area (Å²) >= 11 is 6.05. The number of hydrogen-bond donors (Lipinski definition) is 0. The molecule has 1 heterocycles.